The maximum Gasteiger partial charge on any atom is 0.197 e. The molecule has 0 aliphatic heterocycles. The zero-order valence-corrected chi connectivity index (χ0v) is 13.6. The first kappa shape index (κ1) is 15.7. The van der Waals surface area contributed by atoms with Gasteiger partial charge in [0.1, 0.15) is 0 Å². The zero-order valence-electron chi connectivity index (χ0n) is 12.0. The van der Waals surface area contributed by atoms with Gasteiger partial charge in [-0.25, -0.2) is 0 Å². The molecule has 0 atom stereocenters. The van der Waals surface area contributed by atoms with E-state index < -0.39 is 0 Å². The van der Waals surface area contributed by atoms with Crippen molar-refractivity contribution in [2.45, 2.75) is 18.2 Å². The number of thioether (sulfide) groups is 1. The van der Waals surface area contributed by atoms with Gasteiger partial charge in [0.2, 0.25) is 0 Å². The molecule has 0 fully saturated rings. The Morgan fingerprint density at radius 2 is 2.00 bits per heavy atom. The van der Waals surface area contributed by atoms with Crippen LogP contribution < -0.4 is 10.6 Å². The van der Waals surface area contributed by atoms with Crippen LogP contribution in [0.5, 0.6) is 0 Å². The van der Waals surface area contributed by atoms with Crippen molar-refractivity contribution in [3.63, 3.8) is 0 Å². The van der Waals surface area contributed by atoms with Crippen LogP contribution >= 0.6 is 23.4 Å². The summed E-state index contributed by atoms with van der Waals surface area (Å²) in [5, 5.41) is 14.7. The smallest absolute Gasteiger partial charge is 0.197 e. The molecule has 110 valence electrons. The highest BCUT2D eigenvalue weighted by Crippen LogP contribution is 2.24. The summed E-state index contributed by atoms with van der Waals surface area (Å²) < 4.78 is 0. The van der Waals surface area contributed by atoms with E-state index in [9.17, 15) is 0 Å². The van der Waals surface area contributed by atoms with Crippen LogP contribution in [-0.4, -0.2) is 12.2 Å². The number of anilines is 2. The second kappa shape index (κ2) is 7.38. The number of halogens is 1. The van der Waals surface area contributed by atoms with E-state index in [0.717, 1.165) is 22.7 Å². The minimum absolute atomic E-state index is 0.198. The summed E-state index contributed by atoms with van der Waals surface area (Å²) in [6, 6.07) is 13.7. The minimum Gasteiger partial charge on any atom is -0.326 e. The Kier molecular flexibility index (Phi) is 5.53. The van der Waals surface area contributed by atoms with Gasteiger partial charge in [-0.15, -0.1) is 11.8 Å². The maximum atomic E-state index is 8.03. The molecule has 0 heterocycles. The second-order valence-corrected chi connectivity index (χ2v) is 5.81. The first-order chi connectivity index (χ1) is 10.1. The van der Waals surface area contributed by atoms with Crippen LogP contribution in [0.1, 0.15) is 12.5 Å². The quantitative estimate of drug-likeness (QED) is 0.418. The maximum absolute atomic E-state index is 8.03. The highest BCUT2D eigenvalue weighted by molar-refractivity contribution is 7.98. The molecule has 3 N–H and O–H groups in total. The lowest BCUT2D eigenvalue weighted by Crippen LogP contribution is -2.20. The molecule has 2 rings (SSSR count). The molecule has 0 aromatic heterocycles. The molecule has 2 aromatic carbocycles. The van der Waals surface area contributed by atoms with Crippen LogP contribution in [0.2, 0.25) is 5.02 Å². The van der Waals surface area contributed by atoms with Gasteiger partial charge < -0.3 is 10.6 Å². The van der Waals surface area contributed by atoms with Crippen molar-refractivity contribution in [2.75, 3.05) is 16.9 Å². The summed E-state index contributed by atoms with van der Waals surface area (Å²) in [6.07, 6.45) is 2.96. The third-order valence-corrected chi connectivity index (χ3v) is 4.09. The molecule has 0 unspecified atom stereocenters. The summed E-state index contributed by atoms with van der Waals surface area (Å²) in [6.45, 7) is 2.09. The first-order valence-corrected chi connectivity index (χ1v) is 8.27. The molecule has 0 amide bonds. The number of guanidine groups is 1. The molecule has 21 heavy (non-hydrogen) atoms. The fraction of sp³-hybridized carbons (Fsp3) is 0.188. The third kappa shape index (κ3) is 4.41. The zero-order chi connectivity index (χ0) is 15.2. The summed E-state index contributed by atoms with van der Waals surface area (Å²) in [7, 11) is 0. The molecule has 2 aromatic rings. The largest absolute Gasteiger partial charge is 0.326 e. The van der Waals surface area contributed by atoms with Crippen molar-refractivity contribution < 1.29 is 0 Å². The van der Waals surface area contributed by atoms with E-state index in [1.807, 2.05) is 48.7 Å². The van der Waals surface area contributed by atoms with Gasteiger partial charge in [0, 0.05) is 10.6 Å². The van der Waals surface area contributed by atoms with Crippen molar-refractivity contribution in [1.29, 1.82) is 5.41 Å². The molecule has 0 aliphatic carbocycles. The van der Waals surface area contributed by atoms with Gasteiger partial charge in [-0.3, -0.25) is 5.41 Å². The van der Waals surface area contributed by atoms with E-state index in [1.54, 1.807) is 11.8 Å². The minimum atomic E-state index is 0.198. The number of hydrogen-bond donors (Lipinski definition) is 3. The van der Waals surface area contributed by atoms with Gasteiger partial charge >= 0.3 is 0 Å². The van der Waals surface area contributed by atoms with Crippen molar-refractivity contribution >= 4 is 40.7 Å². The molecular weight excluding hydrogens is 302 g/mol. The molecule has 0 saturated heterocycles. The monoisotopic (exact) mass is 319 g/mol. The summed E-state index contributed by atoms with van der Waals surface area (Å²) in [5.41, 5.74) is 2.80. The van der Waals surface area contributed by atoms with Gasteiger partial charge in [-0.05, 0) is 48.6 Å². The van der Waals surface area contributed by atoms with Gasteiger partial charge in [0.05, 0.1) is 10.7 Å². The Bertz CT molecular complexity index is 643. The average molecular weight is 320 g/mol. The highest BCUT2D eigenvalue weighted by atomic mass is 35.5. The standard InChI is InChI=1S/C16H18ClN3S/c1-3-11-7-8-14(17)15(9-11)20-16(18)19-12-5-4-6-13(10-12)21-2/h4-10H,3H2,1-2H3,(H3,18,19,20). The van der Waals surface area contributed by atoms with Gasteiger partial charge in [-0.2, -0.15) is 0 Å². The number of nitrogens with one attached hydrogen (secondary N) is 3. The Balaban J connectivity index is 2.07. The van der Waals surface area contributed by atoms with Crippen LogP contribution in [0.3, 0.4) is 0 Å². The first-order valence-electron chi connectivity index (χ1n) is 6.67. The van der Waals surface area contributed by atoms with Gasteiger partial charge in [0.25, 0.3) is 0 Å². The molecule has 0 radical (unpaired) electrons. The van der Waals surface area contributed by atoms with Crippen molar-refractivity contribution in [1.82, 2.24) is 0 Å². The van der Waals surface area contributed by atoms with Crippen molar-refractivity contribution in [3.05, 3.63) is 53.1 Å². The van der Waals surface area contributed by atoms with Crippen LogP contribution in [0.4, 0.5) is 11.4 Å². The molecule has 3 nitrogen and oxygen atoms in total. The lowest BCUT2D eigenvalue weighted by molar-refractivity contribution is 1.14. The van der Waals surface area contributed by atoms with Crippen LogP contribution in [0.15, 0.2) is 47.4 Å². The highest BCUT2D eigenvalue weighted by Gasteiger charge is 2.05. The molecule has 0 saturated carbocycles. The van der Waals surface area contributed by atoms with Crippen LogP contribution in [0, 0.1) is 5.41 Å². The van der Waals surface area contributed by atoms with Crippen LogP contribution in [0.25, 0.3) is 0 Å². The predicted octanol–water partition coefficient (Wildman–Crippen LogP) is 5.08. The Morgan fingerprint density at radius 1 is 1.19 bits per heavy atom. The second-order valence-electron chi connectivity index (χ2n) is 4.52. The summed E-state index contributed by atoms with van der Waals surface area (Å²) in [4.78, 5) is 1.15. The van der Waals surface area contributed by atoms with E-state index in [2.05, 4.69) is 17.6 Å². The van der Waals surface area contributed by atoms with E-state index >= 15 is 0 Å². The van der Waals surface area contributed by atoms with E-state index in [-0.39, 0.29) is 5.96 Å². The molecule has 0 bridgehead atoms. The summed E-state index contributed by atoms with van der Waals surface area (Å²) >= 11 is 7.83. The Hall–Kier alpha value is -1.65. The fourth-order valence-electron chi connectivity index (χ4n) is 1.90. The topological polar surface area (TPSA) is 47.9 Å². The van der Waals surface area contributed by atoms with Crippen LogP contribution in [-0.2, 0) is 6.42 Å². The number of rotatable bonds is 4. The summed E-state index contributed by atoms with van der Waals surface area (Å²) in [5.74, 6) is 0.198. The lowest BCUT2D eigenvalue weighted by Gasteiger charge is -2.13. The van der Waals surface area contributed by atoms with Gasteiger partial charge in [-0.1, -0.05) is 30.7 Å². The third-order valence-electron chi connectivity index (χ3n) is 3.04. The average Bonchev–Trinajstić information content (AvgIpc) is 2.49. The number of hydrogen-bond acceptors (Lipinski definition) is 2. The normalized spacial score (nSPS) is 10.2. The van der Waals surface area contributed by atoms with E-state index in [1.165, 1.54) is 5.56 Å². The SMILES string of the molecule is CCc1ccc(Cl)c(NC(=N)Nc2cccc(SC)c2)c1. The number of aryl methyl sites for hydroxylation is 1. The lowest BCUT2D eigenvalue weighted by atomic mass is 10.1. The van der Waals surface area contributed by atoms with Gasteiger partial charge in [0.15, 0.2) is 5.96 Å². The van der Waals surface area contributed by atoms with Crippen molar-refractivity contribution in [2.24, 2.45) is 0 Å². The van der Waals surface area contributed by atoms with E-state index in [0.29, 0.717) is 5.02 Å². The molecule has 0 aliphatic rings. The predicted molar refractivity (Wildman–Crippen MR) is 94.0 cm³/mol. The Morgan fingerprint density at radius 3 is 2.71 bits per heavy atom. The number of benzene rings is 2. The molecule has 0 spiro atoms. The molecular formula is C16H18ClN3S. The Labute approximate surface area is 134 Å². The molecule has 5 heteroatoms. The fourth-order valence-corrected chi connectivity index (χ4v) is 2.52. The van der Waals surface area contributed by atoms with E-state index in [4.69, 9.17) is 17.0 Å². The van der Waals surface area contributed by atoms with Crippen molar-refractivity contribution in [3.8, 4) is 0 Å².